The van der Waals surface area contributed by atoms with Crippen LogP contribution in [0.3, 0.4) is 0 Å². The van der Waals surface area contributed by atoms with Gasteiger partial charge in [0, 0.05) is 24.2 Å². The van der Waals surface area contributed by atoms with Gasteiger partial charge in [-0.3, -0.25) is 14.6 Å². The van der Waals surface area contributed by atoms with E-state index < -0.39 is 18.2 Å². The highest BCUT2D eigenvalue weighted by atomic mass is 19.4. The third-order valence-corrected chi connectivity index (χ3v) is 4.28. The number of hydrogen-bond donors (Lipinski definition) is 3. The lowest BCUT2D eigenvalue weighted by Gasteiger charge is -2.11. The van der Waals surface area contributed by atoms with Gasteiger partial charge in [0.05, 0.1) is 17.6 Å². The molecule has 32 heavy (non-hydrogen) atoms. The lowest BCUT2D eigenvalue weighted by Crippen LogP contribution is -2.23. The van der Waals surface area contributed by atoms with Gasteiger partial charge in [0.15, 0.2) is 5.69 Å². The summed E-state index contributed by atoms with van der Waals surface area (Å²) in [6, 6.07) is 11.7. The fourth-order valence-electron chi connectivity index (χ4n) is 2.86. The third kappa shape index (κ3) is 5.79. The molecule has 0 spiro atoms. The predicted molar refractivity (Wildman–Crippen MR) is 108 cm³/mol. The number of nitrogens with zero attached hydrogens (tertiary/aromatic N) is 2. The number of hydrogen-bond acceptors (Lipinski definition) is 6. The van der Waals surface area contributed by atoms with E-state index in [4.69, 9.17) is 11.5 Å². The molecule has 0 aliphatic carbocycles. The summed E-state index contributed by atoms with van der Waals surface area (Å²) in [5.41, 5.74) is 12.6. The van der Waals surface area contributed by atoms with Gasteiger partial charge in [0.1, 0.15) is 5.75 Å². The molecule has 0 atom stereocenters. The zero-order chi connectivity index (χ0) is 23.3. The van der Waals surface area contributed by atoms with E-state index in [9.17, 15) is 22.8 Å². The number of aromatic nitrogens is 2. The molecule has 166 valence electrons. The second kappa shape index (κ2) is 9.43. The Labute approximate surface area is 180 Å². The van der Waals surface area contributed by atoms with Gasteiger partial charge in [-0.25, -0.2) is 4.98 Å². The summed E-state index contributed by atoms with van der Waals surface area (Å²) in [5.74, 6) is -1.61. The summed E-state index contributed by atoms with van der Waals surface area (Å²) in [4.78, 5) is 32.4. The number of rotatable bonds is 7. The summed E-state index contributed by atoms with van der Waals surface area (Å²) in [5, 5.41) is 2.63. The van der Waals surface area contributed by atoms with Crippen LogP contribution >= 0.6 is 0 Å². The van der Waals surface area contributed by atoms with Crippen LogP contribution in [0.4, 0.5) is 13.2 Å². The summed E-state index contributed by atoms with van der Waals surface area (Å²) in [7, 11) is 0. The fraction of sp³-hybridized carbons (Fsp3) is 0.143. The molecular weight excluding hydrogens is 427 g/mol. The van der Waals surface area contributed by atoms with E-state index in [2.05, 4.69) is 20.0 Å². The number of carbonyl (C=O) groups is 2. The minimum absolute atomic E-state index is 0.0107. The van der Waals surface area contributed by atoms with Crippen molar-refractivity contribution in [2.75, 3.05) is 0 Å². The molecule has 0 aliphatic rings. The zero-order valence-electron chi connectivity index (χ0n) is 16.5. The Morgan fingerprint density at radius 3 is 2.53 bits per heavy atom. The molecule has 0 fully saturated rings. The van der Waals surface area contributed by atoms with Crippen LogP contribution in [-0.2, 0) is 13.1 Å². The van der Waals surface area contributed by atoms with Gasteiger partial charge < -0.3 is 21.5 Å². The predicted octanol–water partition coefficient (Wildman–Crippen LogP) is 2.53. The van der Waals surface area contributed by atoms with Crippen LogP contribution in [0.1, 0.15) is 32.1 Å². The first kappa shape index (κ1) is 22.7. The van der Waals surface area contributed by atoms with Crippen molar-refractivity contribution in [3.05, 3.63) is 77.2 Å². The topological polar surface area (TPSA) is 133 Å². The van der Waals surface area contributed by atoms with Crippen LogP contribution in [0.2, 0.25) is 0 Å². The Kier molecular flexibility index (Phi) is 6.69. The van der Waals surface area contributed by atoms with Crippen molar-refractivity contribution in [2.24, 2.45) is 11.5 Å². The summed E-state index contributed by atoms with van der Waals surface area (Å²) < 4.78 is 41.0. The minimum Gasteiger partial charge on any atom is -0.406 e. The van der Waals surface area contributed by atoms with Gasteiger partial charge in [-0.15, -0.1) is 13.2 Å². The SMILES string of the molecule is NCc1ncc(-c2cccc(C(=O)NCc3cccc(OC(F)(F)F)c3)c2)nc1C(N)=O. The van der Waals surface area contributed by atoms with E-state index in [0.717, 1.165) is 0 Å². The largest absolute Gasteiger partial charge is 0.573 e. The van der Waals surface area contributed by atoms with Gasteiger partial charge in [-0.05, 0) is 29.8 Å². The summed E-state index contributed by atoms with van der Waals surface area (Å²) in [6.07, 6.45) is -3.39. The smallest absolute Gasteiger partial charge is 0.406 e. The first-order chi connectivity index (χ1) is 15.2. The highest BCUT2D eigenvalue weighted by molar-refractivity contribution is 5.95. The Morgan fingerprint density at radius 1 is 1.09 bits per heavy atom. The van der Waals surface area contributed by atoms with Crippen molar-refractivity contribution in [3.63, 3.8) is 0 Å². The normalized spacial score (nSPS) is 11.1. The van der Waals surface area contributed by atoms with Gasteiger partial charge in [0.2, 0.25) is 0 Å². The van der Waals surface area contributed by atoms with Crippen molar-refractivity contribution in [2.45, 2.75) is 19.5 Å². The molecule has 1 heterocycles. The van der Waals surface area contributed by atoms with Gasteiger partial charge in [-0.1, -0.05) is 24.3 Å². The Balaban J connectivity index is 1.75. The lowest BCUT2D eigenvalue weighted by molar-refractivity contribution is -0.274. The molecule has 0 radical (unpaired) electrons. The number of alkyl halides is 3. The zero-order valence-corrected chi connectivity index (χ0v) is 16.5. The molecule has 0 saturated heterocycles. The van der Waals surface area contributed by atoms with Crippen molar-refractivity contribution >= 4 is 11.8 Å². The number of halogens is 3. The number of amides is 2. The quantitative estimate of drug-likeness (QED) is 0.512. The molecule has 0 bridgehead atoms. The second-order valence-corrected chi connectivity index (χ2v) is 6.58. The maximum absolute atomic E-state index is 12.5. The molecule has 0 unspecified atom stereocenters. The lowest BCUT2D eigenvalue weighted by atomic mass is 10.1. The molecule has 11 heteroatoms. The van der Waals surface area contributed by atoms with Crippen LogP contribution in [0.15, 0.2) is 54.7 Å². The molecule has 5 N–H and O–H groups in total. The van der Waals surface area contributed by atoms with E-state index >= 15 is 0 Å². The number of primary amides is 1. The molecule has 0 aliphatic heterocycles. The molecule has 2 aromatic carbocycles. The summed E-state index contributed by atoms with van der Waals surface area (Å²) >= 11 is 0. The van der Waals surface area contributed by atoms with Gasteiger partial charge >= 0.3 is 6.36 Å². The van der Waals surface area contributed by atoms with E-state index in [1.54, 1.807) is 24.3 Å². The number of carbonyl (C=O) groups excluding carboxylic acids is 2. The van der Waals surface area contributed by atoms with E-state index in [0.29, 0.717) is 16.8 Å². The molecule has 8 nitrogen and oxygen atoms in total. The molecule has 3 aromatic rings. The fourth-order valence-corrected chi connectivity index (χ4v) is 2.86. The van der Waals surface area contributed by atoms with Crippen LogP contribution in [0.5, 0.6) is 5.75 Å². The molecule has 2 amide bonds. The van der Waals surface area contributed by atoms with Crippen molar-refractivity contribution < 1.29 is 27.5 Å². The van der Waals surface area contributed by atoms with Crippen LogP contribution in [0, 0.1) is 0 Å². The van der Waals surface area contributed by atoms with Crippen LogP contribution in [0.25, 0.3) is 11.3 Å². The molecule has 0 saturated carbocycles. The second-order valence-electron chi connectivity index (χ2n) is 6.58. The van der Waals surface area contributed by atoms with Gasteiger partial charge in [0.25, 0.3) is 11.8 Å². The highest BCUT2D eigenvalue weighted by Gasteiger charge is 2.31. The Morgan fingerprint density at radius 2 is 1.84 bits per heavy atom. The number of nitrogens with two attached hydrogens (primary N) is 2. The van der Waals surface area contributed by atoms with E-state index in [1.165, 1.54) is 30.5 Å². The maximum Gasteiger partial charge on any atom is 0.573 e. The van der Waals surface area contributed by atoms with Crippen molar-refractivity contribution in [3.8, 4) is 17.0 Å². The molecule has 3 rings (SSSR count). The number of nitrogens with one attached hydrogen (secondary N) is 1. The Hall–Kier alpha value is -3.99. The first-order valence-corrected chi connectivity index (χ1v) is 9.25. The van der Waals surface area contributed by atoms with E-state index in [-0.39, 0.29) is 35.8 Å². The maximum atomic E-state index is 12.5. The van der Waals surface area contributed by atoms with Crippen LogP contribution < -0.4 is 21.5 Å². The van der Waals surface area contributed by atoms with Crippen molar-refractivity contribution in [1.82, 2.24) is 15.3 Å². The first-order valence-electron chi connectivity index (χ1n) is 9.25. The van der Waals surface area contributed by atoms with Crippen molar-refractivity contribution in [1.29, 1.82) is 0 Å². The van der Waals surface area contributed by atoms with E-state index in [1.807, 2.05) is 0 Å². The molecule has 1 aromatic heterocycles. The van der Waals surface area contributed by atoms with Gasteiger partial charge in [-0.2, -0.15) is 0 Å². The highest BCUT2D eigenvalue weighted by Crippen LogP contribution is 2.23. The average molecular weight is 445 g/mol. The average Bonchev–Trinajstić information content (AvgIpc) is 2.76. The summed E-state index contributed by atoms with van der Waals surface area (Å²) in [6.45, 7) is -0.0296. The number of ether oxygens (including phenoxy) is 1. The minimum atomic E-state index is -4.80. The Bertz CT molecular complexity index is 1150. The van der Waals surface area contributed by atoms with Crippen LogP contribution in [-0.4, -0.2) is 28.1 Å². The third-order valence-electron chi connectivity index (χ3n) is 4.28. The number of benzene rings is 2. The standard InChI is InChI=1S/C21H18F3N5O3/c22-21(23,24)32-15-6-1-3-12(7-15)10-28-20(31)14-5-2-4-13(8-14)17-11-27-16(9-25)18(29-17)19(26)30/h1-8,11H,9-10,25H2,(H2,26,30)(H,28,31). The monoisotopic (exact) mass is 445 g/mol. The molecular formula is C21H18F3N5O3.